The molecule has 2 bridgehead atoms. The van der Waals surface area contributed by atoms with E-state index in [1.165, 1.54) is 6.20 Å². The van der Waals surface area contributed by atoms with E-state index in [-0.39, 0.29) is 22.2 Å². The maximum atomic E-state index is 12.7. The molecule has 1 aromatic rings. The van der Waals surface area contributed by atoms with Crippen molar-refractivity contribution in [2.24, 2.45) is 5.92 Å². The summed E-state index contributed by atoms with van der Waals surface area (Å²) in [5, 5.41) is -0.664. The first-order chi connectivity index (χ1) is 10.4. The number of aromatic nitrogens is 1. The van der Waals surface area contributed by atoms with Crippen molar-refractivity contribution >= 4 is 15.6 Å². The van der Waals surface area contributed by atoms with E-state index in [1.807, 2.05) is 6.92 Å². The first-order valence-corrected chi connectivity index (χ1v) is 9.32. The molecule has 1 aromatic heterocycles. The molecule has 0 aliphatic carbocycles. The van der Waals surface area contributed by atoms with E-state index in [0.717, 1.165) is 12.0 Å². The average molecular weight is 323 g/mol. The Hall–Kier alpha value is -1.43. The molecular weight excluding hydrogens is 302 g/mol. The topological polar surface area (TPSA) is 73.3 Å². The molecule has 3 rings (SSSR count). The number of Topliss-reactive ketones (excluding diaryl/α,β-unsaturated/α-hetero) is 1. The fourth-order valence-electron chi connectivity index (χ4n) is 3.77. The summed E-state index contributed by atoms with van der Waals surface area (Å²) in [5.74, 6) is 0.332. The number of pyridine rings is 1. The van der Waals surface area contributed by atoms with Gasteiger partial charge in [0, 0.05) is 23.2 Å². The zero-order valence-electron chi connectivity index (χ0n) is 12.9. The van der Waals surface area contributed by atoms with Crippen LogP contribution < -0.4 is 4.74 Å². The molecule has 0 N–H and O–H groups in total. The standard InChI is InChI=1S/C16H21NO4S/c1-10-6-12(9-17-16(10)21-2)15(18)11-7-13-4-3-5-14(8-11)22(13,19)20/h6,9,11,13-14H,3-5,7-8H2,1-2H3. The summed E-state index contributed by atoms with van der Waals surface area (Å²) in [5.41, 5.74) is 1.37. The van der Waals surface area contributed by atoms with Crippen molar-refractivity contribution in [3.8, 4) is 5.88 Å². The van der Waals surface area contributed by atoms with Gasteiger partial charge in [0.05, 0.1) is 17.6 Å². The molecule has 0 aromatic carbocycles. The lowest BCUT2D eigenvalue weighted by atomic mass is 9.84. The van der Waals surface area contributed by atoms with Gasteiger partial charge in [-0.25, -0.2) is 13.4 Å². The summed E-state index contributed by atoms with van der Waals surface area (Å²) in [6.07, 6.45) is 4.81. The van der Waals surface area contributed by atoms with Crippen molar-refractivity contribution < 1.29 is 17.9 Å². The number of methoxy groups -OCH3 is 1. The summed E-state index contributed by atoms with van der Waals surface area (Å²) in [7, 11) is -1.48. The van der Waals surface area contributed by atoms with E-state index in [9.17, 15) is 13.2 Å². The number of ketones is 1. The van der Waals surface area contributed by atoms with Gasteiger partial charge >= 0.3 is 0 Å². The highest BCUT2D eigenvalue weighted by molar-refractivity contribution is 7.92. The van der Waals surface area contributed by atoms with Crippen molar-refractivity contribution in [3.05, 3.63) is 23.4 Å². The van der Waals surface area contributed by atoms with Crippen molar-refractivity contribution in [1.29, 1.82) is 0 Å². The highest BCUT2D eigenvalue weighted by atomic mass is 32.2. The number of hydrogen-bond donors (Lipinski definition) is 0. The first kappa shape index (κ1) is 15.5. The molecular formula is C16H21NO4S. The molecule has 0 amide bonds. The minimum absolute atomic E-state index is 0.0186. The number of hydrogen-bond acceptors (Lipinski definition) is 5. The number of aryl methyl sites for hydroxylation is 1. The van der Waals surface area contributed by atoms with Crippen LogP contribution in [0.25, 0.3) is 0 Å². The number of nitrogens with zero attached hydrogens (tertiary/aromatic N) is 1. The Morgan fingerprint density at radius 2 is 1.91 bits per heavy atom. The predicted octanol–water partition coefficient (Wildman–Crippen LogP) is 2.33. The van der Waals surface area contributed by atoms with E-state index >= 15 is 0 Å². The van der Waals surface area contributed by atoms with E-state index in [0.29, 0.717) is 37.1 Å². The molecule has 2 fully saturated rings. The Balaban J connectivity index is 1.83. The van der Waals surface area contributed by atoms with Gasteiger partial charge in [-0.05, 0) is 38.7 Å². The molecule has 5 nitrogen and oxygen atoms in total. The number of carbonyl (C=O) groups is 1. The van der Waals surface area contributed by atoms with Crippen LogP contribution in [0, 0.1) is 12.8 Å². The number of fused-ring (bicyclic) bond motifs is 2. The van der Waals surface area contributed by atoms with Crippen LogP contribution in [-0.4, -0.2) is 36.8 Å². The first-order valence-electron chi connectivity index (χ1n) is 7.71. The van der Waals surface area contributed by atoms with Crippen molar-refractivity contribution in [2.75, 3.05) is 7.11 Å². The number of rotatable bonds is 3. The van der Waals surface area contributed by atoms with Crippen molar-refractivity contribution in [1.82, 2.24) is 4.98 Å². The van der Waals surface area contributed by atoms with Crippen LogP contribution in [0.2, 0.25) is 0 Å². The zero-order valence-corrected chi connectivity index (χ0v) is 13.7. The largest absolute Gasteiger partial charge is 0.481 e. The van der Waals surface area contributed by atoms with E-state index in [2.05, 4.69) is 4.98 Å². The Morgan fingerprint density at radius 3 is 2.45 bits per heavy atom. The van der Waals surface area contributed by atoms with Crippen molar-refractivity contribution in [2.45, 2.75) is 49.5 Å². The van der Waals surface area contributed by atoms with E-state index < -0.39 is 9.84 Å². The van der Waals surface area contributed by atoms with Crippen LogP contribution in [-0.2, 0) is 9.84 Å². The molecule has 0 radical (unpaired) electrons. The monoisotopic (exact) mass is 323 g/mol. The van der Waals surface area contributed by atoms with Crippen LogP contribution in [0.1, 0.15) is 48.0 Å². The highest BCUT2D eigenvalue weighted by Crippen LogP contribution is 2.40. The molecule has 120 valence electrons. The number of carbonyl (C=O) groups excluding carboxylic acids is 1. The molecule has 22 heavy (non-hydrogen) atoms. The maximum absolute atomic E-state index is 12.7. The third-order valence-corrected chi connectivity index (χ3v) is 7.67. The number of sulfone groups is 1. The Kier molecular flexibility index (Phi) is 3.97. The van der Waals surface area contributed by atoms with Crippen LogP contribution >= 0.6 is 0 Å². The zero-order chi connectivity index (χ0) is 15.9. The lowest BCUT2D eigenvalue weighted by molar-refractivity contribution is 0.0893. The lowest BCUT2D eigenvalue weighted by Gasteiger charge is -2.38. The van der Waals surface area contributed by atoms with E-state index in [4.69, 9.17) is 4.74 Å². The van der Waals surface area contributed by atoms with Gasteiger partial charge in [-0.15, -0.1) is 0 Å². The van der Waals surface area contributed by atoms with Crippen LogP contribution in [0.3, 0.4) is 0 Å². The molecule has 2 aliphatic heterocycles. The smallest absolute Gasteiger partial charge is 0.215 e. The van der Waals surface area contributed by atoms with Gasteiger partial charge < -0.3 is 4.74 Å². The summed E-state index contributed by atoms with van der Waals surface area (Å²) in [4.78, 5) is 16.9. The predicted molar refractivity (Wildman–Crippen MR) is 82.9 cm³/mol. The second-order valence-electron chi connectivity index (χ2n) is 6.35. The fraction of sp³-hybridized carbons (Fsp3) is 0.625. The summed E-state index contributed by atoms with van der Waals surface area (Å²) in [6.45, 7) is 1.85. The van der Waals surface area contributed by atoms with E-state index in [1.54, 1.807) is 13.2 Å². The van der Waals surface area contributed by atoms with Gasteiger partial charge in [0.25, 0.3) is 0 Å². The number of ether oxygens (including phenoxy) is 1. The molecule has 0 saturated carbocycles. The lowest BCUT2D eigenvalue weighted by Crippen LogP contribution is -2.45. The van der Waals surface area contributed by atoms with Gasteiger partial charge in [-0.1, -0.05) is 6.42 Å². The molecule has 2 saturated heterocycles. The second-order valence-corrected chi connectivity index (χ2v) is 8.86. The van der Waals surface area contributed by atoms with Gasteiger partial charge in [0.1, 0.15) is 0 Å². The molecule has 3 heterocycles. The summed E-state index contributed by atoms with van der Waals surface area (Å²) < 4.78 is 29.7. The highest BCUT2D eigenvalue weighted by Gasteiger charge is 2.46. The third kappa shape index (κ3) is 2.53. The third-order valence-electron chi connectivity index (χ3n) is 4.96. The van der Waals surface area contributed by atoms with Crippen molar-refractivity contribution in [3.63, 3.8) is 0 Å². The quantitative estimate of drug-likeness (QED) is 0.798. The molecule has 2 unspecified atom stereocenters. The Bertz CT molecular complexity index is 678. The minimum atomic E-state index is -3.02. The average Bonchev–Trinajstić information content (AvgIpc) is 2.45. The van der Waals surface area contributed by atoms with Crippen LogP contribution in [0.4, 0.5) is 0 Å². The Labute approximate surface area is 131 Å². The van der Waals surface area contributed by atoms with Crippen LogP contribution in [0.15, 0.2) is 12.3 Å². The van der Waals surface area contributed by atoms with Gasteiger partial charge in [-0.2, -0.15) is 0 Å². The van der Waals surface area contributed by atoms with Gasteiger partial charge in [0.2, 0.25) is 5.88 Å². The van der Waals surface area contributed by atoms with Gasteiger partial charge in [0.15, 0.2) is 15.6 Å². The maximum Gasteiger partial charge on any atom is 0.215 e. The summed E-state index contributed by atoms with van der Waals surface area (Å²) >= 11 is 0. The van der Waals surface area contributed by atoms with Gasteiger partial charge in [-0.3, -0.25) is 4.79 Å². The SMILES string of the molecule is COc1ncc(C(=O)C2CC3CCCC(C2)S3(=O)=O)cc1C. The Morgan fingerprint density at radius 1 is 1.27 bits per heavy atom. The fourth-order valence-corrected chi connectivity index (χ4v) is 6.31. The minimum Gasteiger partial charge on any atom is -0.481 e. The normalized spacial score (nSPS) is 29.8. The second kappa shape index (κ2) is 5.65. The summed E-state index contributed by atoms with van der Waals surface area (Å²) in [6, 6.07) is 1.78. The van der Waals surface area contributed by atoms with Crippen LogP contribution in [0.5, 0.6) is 5.88 Å². The molecule has 2 atom stereocenters. The molecule has 6 heteroatoms. The molecule has 0 spiro atoms. The molecule has 2 aliphatic rings.